The monoisotopic (exact) mass is 604 g/mol. The summed E-state index contributed by atoms with van der Waals surface area (Å²) >= 11 is 1.93. The molecule has 3 heterocycles. The first kappa shape index (κ1) is 27.4. The third-order valence-corrected chi connectivity index (χ3v) is 9.73. The molecule has 1 fully saturated rings. The number of anilines is 1. The molecule has 0 bridgehead atoms. The molecule has 1 aromatic heterocycles. The molecular weight excluding hydrogens is 584 g/mol. The Kier molecular flexibility index (Phi) is 6.86. The van der Waals surface area contributed by atoms with Gasteiger partial charge in [-0.05, 0) is 36.2 Å². The number of H-pyrrole nitrogens is 1. The van der Waals surface area contributed by atoms with E-state index in [4.69, 9.17) is 4.74 Å². The van der Waals surface area contributed by atoms with Gasteiger partial charge < -0.3 is 9.72 Å². The van der Waals surface area contributed by atoms with Crippen molar-refractivity contribution in [2.45, 2.75) is 29.7 Å². The van der Waals surface area contributed by atoms with Gasteiger partial charge in [-0.1, -0.05) is 47.4 Å². The van der Waals surface area contributed by atoms with E-state index in [0.717, 1.165) is 39.1 Å². The topological polar surface area (TPSA) is 166 Å². The minimum Gasteiger partial charge on any atom is -0.489 e. The number of nitrogens with one attached hydrogen (secondary N) is 1. The standard InChI is InChI=1S/C28H20N4O8S2/c1-14-4-2-3-5-15(14)13-40-20-11-10-18(32(38)39)12-19(20)21-22-24(41-25-23(21)42-28(35)29-25)27(34)30(26(22)33)16-6-8-17(9-7-16)31(36)37/h2-12,21-22,24H,13H2,1H3,(H,29,35)/t21-,22?,24?/m1/s1. The molecule has 14 heteroatoms. The van der Waals surface area contributed by atoms with Gasteiger partial charge in [0.15, 0.2) is 0 Å². The van der Waals surface area contributed by atoms with Crippen LogP contribution in [0.2, 0.25) is 0 Å². The number of aromatic nitrogens is 1. The molecule has 2 aliphatic rings. The molecule has 3 aromatic carbocycles. The van der Waals surface area contributed by atoms with Crippen LogP contribution < -0.4 is 14.5 Å². The molecule has 1 saturated heterocycles. The van der Waals surface area contributed by atoms with Gasteiger partial charge in [0.1, 0.15) is 17.6 Å². The van der Waals surface area contributed by atoms with Crippen LogP contribution >= 0.6 is 23.1 Å². The Labute approximate surface area is 245 Å². The number of benzene rings is 3. The Bertz CT molecular complexity index is 1830. The Morgan fingerprint density at radius 3 is 2.31 bits per heavy atom. The summed E-state index contributed by atoms with van der Waals surface area (Å²) in [5, 5.41) is 22.4. The van der Waals surface area contributed by atoms with Crippen LogP contribution in [-0.2, 0) is 16.2 Å². The molecular formula is C28H20N4O8S2. The molecule has 0 saturated carbocycles. The predicted octanol–water partition coefficient (Wildman–Crippen LogP) is 4.94. The zero-order chi connectivity index (χ0) is 29.7. The first-order valence-electron chi connectivity index (χ1n) is 12.6. The quantitative estimate of drug-likeness (QED) is 0.175. The van der Waals surface area contributed by atoms with E-state index < -0.39 is 43.6 Å². The Balaban J connectivity index is 1.47. The van der Waals surface area contributed by atoms with E-state index in [1.54, 1.807) is 0 Å². The van der Waals surface area contributed by atoms with Crippen molar-refractivity contribution in [2.24, 2.45) is 5.92 Å². The summed E-state index contributed by atoms with van der Waals surface area (Å²) in [5.41, 5.74) is 1.90. The molecule has 0 spiro atoms. The number of rotatable bonds is 7. The first-order chi connectivity index (χ1) is 20.1. The Hall–Kier alpha value is -4.82. The summed E-state index contributed by atoms with van der Waals surface area (Å²) in [7, 11) is 0. The highest BCUT2D eigenvalue weighted by molar-refractivity contribution is 8.00. The van der Waals surface area contributed by atoms with Crippen molar-refractivity contribution < 1.29 is 24.2 Å². The third-order valence-electron chi connectivity index (χ3n) is 7.33. The molecule has 12 nitrogen and oxygen atoms in total. The van der Waals surface area contributed by atoms with Crippen LogP contribution in [0.3, 0.4) is 0 Å². The summed E-state index contributed by atoms with van der Waals surface area (Å²) in [6.07, 6.45) is 0. The SMILES string of the molecule is Cc1ccccc1COc1ccc([N+](=O)[O-])cc1[C@H]1c2sc(=O)[nH]c2SC2C(=O)N(c3ccc([N+](=O)[O-])cc3)C(=O)C21. The highest BCUT2D eigenvalue weighted by atomic mass is 32.2. The van der Waals surface area contributed by atoms with Crippen molar-refractivity contribution in [3.8, 4) is 5.75 Å². The van der Waals surface area contributed by atoms with Crippen LogP contribution in [-0.4, -0.2) is 31.9 Å². The zero-order valence-corrected chi connectivity index (χ0v) is 23.3. The van der Waals surface area contributed by atoms with Crippen LogP contribution in [0.1, 0.15) is 27.5 Å². The number of carbonyl (C=O) groups is 2. The highest BCUT2D eigenvalue weighted by Crippen LogP contribution is 2.55. The number of aryl methyl sites for hydroxylation is 1. The molecule has 0 radical (unpaired) electrons. The number of non-ortho nitro benzene ring substituents is 2. The number of nitro groups is 2. The lowest BCUT2D eigenvalue weighted by Crippen LogP contribution is -2.32. The van der Waals surface area contributed by atoms with Crippen molar-refractivity contribution in [1.82, 2.24) is 4.98 Å². The number of fused-ring (bicyclic) bond motifs is 2. The lowest BCUT2D eigenvalue weighted by Gasteiger charge is -2.30. The fourth-order valence-electron chi connectivity index (χ4n) is 5.28. The minimum absolute atomic E-state index is 0.144. The van der Waals surface area contributed by atoms with E-state index in [0.29, 0.717) is 15.5 Å². The summed E-state index contributed by atoms with van der Waals surface area (Å²) in [5.74, 6) is -2.81. The van der Waals surface area contributed by atoms with Crippen molar-refractivity contribution in [1.29, 1.82) is 0 Å². The second-order valence-corrected chi connectivity index (χ2v) is 11.9. The maximum atomic E-state index is 14.0. The van der Waals surface area contributed by atoms with Gasteiger partial charge in [0, 0.05) is 40.6 Å². The minimum atomic E-state index is -1.03. The van der Waals surface area contributed by atoms with Crippen LogP contribution in [0.25, 0.3) is 0 Å². The largest absolute Gasteiger partial charge is 0.489 e. The van der Waals surface area contributed by atoms with Gasteiger partial charge in [0.05, 0.1) is 26.5 Å². The summed E-state index contributed by atoms with van der Waals surface area (Å²) in [6.45, 7) is 2.07. The molecule has 2 unspecified atom stereocenters. The number of hydrogen-bond donors (Lipinski definition) is 1. The van der Waals surface area contributed by atoms with Crippen LogP contribution in [0.4, 0.5) is 17.1 Å². The van der Waals surface area contributed by atoms with E-state index in [-0.39, 0.29) is 29.4 Å². The van der Waals surface area contributed by atoms with E-state index in [1.165, 1.54) is 42.5 Å². The number of thiazole rings is 1. The van der Waals surface area contributed by atoms with Crippen LogP contribution in [0.5, 0.6) is 5.75 Å². The van der Waals surface area contributed by atoms with Crippen LogP contribution in [0.15, 0.2) is 76.6 Å². The molecule has 3 atom stereocenters. The highest BCUT2D eigenvalue weighted by Gasteiger charge is 2.57. The maximum Gasteiger partial charge on any atom is 0.305 e. The summed E-state index contributed by atoms with van der Waals surface area (Å²) in [6, 6.07) is 16.7. The fraction of sp³-hybridized carbons (Fsp3) is 0.179. The molecule has 2 amide bonds. The molecule has 212 valence electrons. The molecule has 0 aliphatic carbocycles. The van der Waals surface area contributed by atoms with Gasteiger partial charge in [-0.3, -0.25) is 34.6 Å². The zero-order valence-electron chi connectivity index (χ0n) is 21.7. The van der Waals surface area contributed by atoms with Gasteiger partial charge >= 0.3 is 4.87 Å². The number of aromatic amines is 1. The number of thioether (sulfide) groups is 1. The number of nitrogens with zero attached hydrogens (tertiary/aromatic N) is 3. The molecule has 2 aliphatic heterocycles. The van der Waals surface area contributed by atoms with Crippen LogP contribution in [0, 0.1) is 33.1 Å². The van der Waals surface area contributed by atoms with Gasteiger partial charge in [0.25, 0.3) is 11.4 Å². The van der Waals surface area contributed by atoms with Gasteiger partial charge in [-0.2, -0.15) is 0 Å². The maximum absolute atomic E-state index is 14.0. The average molecular weight is 605 g/mol. The van der Waals surface area contributed by atoms with E-state index in [2.05, 4.69) is 4.98 Å². The van der Waals surface area contributed by atoms with Crippen molar-refractivity contribution >= 4 is 52.0 Å². The summed E-state index contributed by atoms with van der Waals surface area (Å²) in [4.78, 5) is 65.8. The lowest BCUT2D eigenvalue weighted by atomic mass is 9.82. The second-order valence-electron chi connectivity index (χ2n) is 9.73. The first-order valence-corrected chi connectivity index (χ1v) is 14.3. The number of ether oxygens (including phenoxy) is 1. The fourth-order valence-corrected chi connectivity index (χ4v) is 7.79. The molecule has 4 aromatic rings. The number of carbonyl (C=O) groups excluding carboxylic acids is 2. The number of imide groups is 1. The van der Waals surface area contributed by atoms with E-state index >= 15 is 0 Å². The molecule has 1 N–H and O–H groups in total. The number of nitro benzene ring substituents is 2. The number of hydrogen-bond acceptors (Lipinski definition) is 10. The van der Waals surface area contributed by atoms with Crippen molar-refractivity contribution in [3.05, 3.63) is 118 Å². The second kappa shape index (κ2) is 10.5. The summed E-state index contributed by atoms with van der Waals surface area (Å²) < 4.78 is 6.18. The molecule has 42 heavy (non-hydrogen) atoms. The predicted molar refractivity (Wildman–Crippen MR) is 154 cm³/mol. The smallest absolute Gasteiger partial charge is 0.305 e. The van der Waals surface area contributed by atoms with Gasteiger partial charge in [-0.25, -0.2) is 4.90 Å². The van der Waals surface area contributed by atoms with Gasteiger partial charge in [0.2, 0.25) is 11.8 Å². The van der Waals surface area contributed by atoms with E-state index in [9.17, 15) is 34.6 Å². The van der Waals surface area contributed by atoms with Crippen molar-refractivity contribution in [2.75, 3.05) is 4.90 Å². The normalized spacial score (nSPS) is 19.4. The van der Waals surface area contributed by atoms with Gasteiger partial charge in [-0.15, -0.1) is 0 Å². The Morgan fingerprint density at radius 1 is 0.929 bits per heavy atom. The lowest BCUT2D eigenvalue weighted by molar-refractivity contribution is -0.385. The Morgan fingerprint density at radius 2 is 1.62 bits per heavy atom. The number of amides is 2. The average Bonchev–Trinajstić information content (AvgIpc) is 3.46. The third kappa shape index (κ3) is 4.63. The molecule has 6 rings (SSSR count). The van der Waals surface area contributed by atoms with E-state index in [1.807, 2.05) is 31.2 Å². The van der Waals surface area contributed by atoms with Crippen molar-refractivity contribution in [3.63, 3.8) is 0 Å².